The fourth-order valence-corrected chi connectivity index (χ4v) is 1.90. The lowest BCUT2D eigenvalue weighted by Crippen LogP contribution is -2.31. The number of anilines is 1. The lowest BCUT2D eigenvalue weighted by Gasteiger charge is -2.16. The Morgan fingerprint density at radius 2 is 2.00 bits per heavy atom. The molecule has 1 atom stereocenters. The van der Waals surface area contributed by atoms with Crippen molar-refractivity contribution in [1.82, 2.24) is 9.97 Å². The normalized spacial score (nSPS) is 12.1. The van der Waals surface area contributed by atoms with Crippen LogP contribution in [-0.2, 0) is 15.7 Å². The summed E-state index contributed by atoms with van der Waals surface area (Å²) in [6.45, 7) is 1.14. The average molecular weight is 384 g/mol. The van der Waals surface area contributed by atoms with Crippen LogP contribution < -0.4 is 5.32 Å². The molecule has 1 aromatic heterocycles. The van der Waals surface area contributed by atoms with Crippen LogP contribution >= 0.6 is 0 Å². The van der Waals surface area contributed by atoms with Crippen LogP contribution in [0.15, 0.2) is 36.8 Å². The summed E-state index contributed by atoms with van der Waals surface area (Å²) in [5.41, 5.74) is -3.09. The fraction of sp³-hybridized carbons (Fsp3) is 0.200. The molecule has 1 N–H and O–H groups in total. The number of nitrogens with zero attached hydrogens (tertiary/aromatic N) is 3. The van der Waals surface area contributed by atoms with Crippen LogP contribution in [0.3, 0.4) is 0 Å². The van der Waals surface area contributed by atoms with Gasteiger partial charge < -0.3 is 10.1 Å². The molecule has 0 saturated heterocycles. The molecule has 142 valence electrons. The first-order valence-corrected chi connectivity index (χ1v) is 7.23. The first-order valence-electron chi connectivity index (χ1n) is 7.23. The molecule has 2 rings (SSSR count). The number of nitro benzene ring substituents is 1. The van der Waals surface area contributed by atoms with Gasteiger partial charge in [0.15, 0.2) is 11.8 Å². The number of halogens is 3. The highest BCUT2D eigenvalue weighted by Gasteiger charge is 2.36. The van der Waals surface area contributed by atoms with Crippen LogP contribution in [0.25, 0.3) is 0 Å². The van der Waals surface area contributed by atoms with E-state index in [1.807, 2.05) is 5.32 Å². The second kappa shape index (κ2) is 7.76. The number of nitrogens with one attached hydrogen (secondary N) is 1. The van der Waals surface area contributed by atoms with Gasteiger partial charge in [0.25, 0.3) is 11.6 Å². The Bertz CT molecular complexity index is 874. The summed E-state index contributed by atoms with van der Waals surface area (Å²) in [6.07, 6.45) is -2.80. The van der Waals surface area contributed by atoms with E-state index in [2.05, 4.69) is 9.97 Å². The number of amides is 1. The van der Waals surface area contributed by atoms with Crippen molar-refractivity contribution >= 4 is 23.3 Å². The van der Waals surface area contributed by atoms with E-state index in [1.54, 1.807) is 0 Å². The maximum Gasteiger partial charge on any atom is 0.418 e. The number of hydrogen-bond acceptors (Lipinski definition) is 7. The zero-order valence-corrected chi connectivity index (χ0v) is 13.6. The van der Waals surface area contributed by atoms with Gasteiger partial charge in [0.05, 0.1) is 22.4 Å². The Labute approximate surface area is 149 Å². The maximum absolute atomic E-state index is 13.1. The molecule has 0 saturated carbocycles. The van der Waals surface area contributed by atoms with Crippen LogP contribution in [0.4, 0.5) is 24.5 Å². The summed E-state index contributed by atoms with van der Waals surface area (Å²) in [5.74, 6) is -2.06. The minimum atomic E-state index is -4.95. The highest BCUT2D eigenvalue weighted by atomic mass is 19.4. The third-order valence-corrected chi connectivity index (χ3v) is 3.20. The third kappa shape index (κ3) is 4.96. The summed E-state index contributed by atoms with van der Waals surface area (Å²) in [6, 6.07) is 1.85. The van der Waals surface area contributed by atoms with Crippen molar-refractivity contribution < 1.29 is 32.4 Å². The molecule has 1 amide bonds. The van der Waals surface area contributed by atoms with E-state index in [0.717, 1.165) is 25.3 Å². The zero-order valence-electron chi connectivity index (χ0n) is 13.6. The lowest BCUT2D eigenvalue weighted by atomic mass is 10.1. The van der Waals surface area contributed by atoms with Gasteiger partial charge in [-0.15, -0.1) is 0 Å². The zero-order chi connectivity index (χ0) is 20.2. The van der Waals surface area contributed by atoms with Crippen LogP contribution in [-0.4, -0.2) is 32.9 Å². The number of rotatable bonds is 5. The Balaban J connectivity index is 2.17. The Morgan fingerprint density at radius 3 is 2.56 bits per heavy atom. The summed E-state index contributed by atoms with van der Waals surface area (Å²) >= 11 is 0. The molecule has 0 radical (unpaired) electrons. The molecule has 0 aliphatic rings. The van der Waals surface area contributed by atoms with Crippen LogP contribution in [0.5, 0.6) is 0 Å². The molecule has 0 aliphatic carbocycles. The van der Waals surface area contributed by atoms with Crippen molar-refractivity contribution in [2.45, 2.75) is 19.2 Å². The van der Waals surface area contributed by atoms with Gasteiger partial charge in [-0.05, 0) is 13.0 Å². The Kier molecular flexibility index (Phi) is 5.68. The second-order valence-electron chi connectivity index (χ2n) is 5.11. The molecule has 0 unspecified atom stereocenters. The van der Waals surface area contributed by atoms with Crippen LogP contribution in [0, 0.1) is 10.1 Å². The van der Waals surface area contributed by atoms with Gasteiger partial charge in [0.2, 0.25) is 0 Å². The third-order valence-electron chi connectivity index (χ3n) is 3.20. The molecule has 12 heteroatoms. The van der Waals surface area contributed by atoms with E-state index in [1.165, 1.54) is 12.4 Å². The quantitative estimate of drug-likeness (QED) is 0.477. The lowest BCUT2D eigenvalue weighted by molar-refractivity contribution is -0.385. The summed E-state index contributed by atoms with van der Waals surface area (Å²) in [7, 11) is 0. The van der Waals surface area contributed by atoms with Crippen molar-refractivity contribution in [1.29, 1.82) is 0 Å². The van der Waals surface area contributed by atoms with E-state index < -0.39 is 46.0 Å². The number of aromatic nitrogens is 2. The van der Waals surface area contributed by atoms with E-state index in [-0.39, 0.29) is 5.69 Å². The van der Waals surface area contributed by atoms with E-state index in [0.29, 0.717) is 6.07 Å². The Hall–Kier alpha value is -3.57. The SMILES string of the molecule is C[C@H](OC(=O)c1cnccn1)C(=O)Nc1ccc([N+](=O)[O-])cc1C(F)(F)F. The largest absolute Gasteiger partial charge is 0.448 e. The molecule has 9 nitrogen and oxygen atoms in total. The van der Waals surface area contributed by atoms with Gasteiger partial charge in [0.1, 0.15) is 0 Å². The summed E-state index contributed by atoms with van der Waals surface area (Å²) < 4.78 is 44.1. The topological polar surface area (TPSA) is 124 Å². The standard InChI is InChI=1S/C15H11F3N4O5/c1-8(27-14(24)12-7-19-4-5-20-12)13(23)21-11-3-2-9(22(25)26)6-10(11)15(16,17)18/h2-8H,1H3,(H,21,23)/t8-/m0/s1. The molecular weight excluding hydrogens is 373 g/mol. The van der Waals surface area contributed by atoms with Crippen molar-refractivity contribution in [3.05, 3.63) is 58.2 Å². The minimum absolute atomic E-state index is 0.191. The van der Waals surface area contributed by atoms with Crippen molar-refractivity contribution in [3.63, 3.8) is 0 Å². The number of benzene rings is 1. The molecule has 1 heterocycles. The molecule has 27 heavy (non-hydrogen) atoms. The number of hydrogen-bond donors (Lipinski definition) is 1. The van der Waals surface area contributed by atoms with E-state index >= 15 is 0 Å². The van der Waals surface area contributed by atoms with Gasteiger partial charge in [-0.2, -0.15) is 13.2 Å². The number of esters is 1. The first kappa shape index (κ1) is 19.8. The number of ether oxygens (including phenoxy) is 1. The summed E-state index contributed by atoms with van der Waals surface area (Å²) in [5, 5.41) is 12.6. The second-order valence-corrected chi connectivity index (χ2v) is 5.11. The van der Waals surface area contributed by atoms with Gasteiger partial charge >= 0.3 is 12.1 Å². The van der Waals surface area contributed by atoms with Crippen LogP contribution in [0.1, 0.15) is 23.0 Å². The van der Waals surface area contributed by atoms with E-state index in [4.69, 9.17) is 4.74 Å². The minimum Gasteiger partial charge on any atom is -0.448 e. The number of non-ortho nitro benzene ring substituents is 1. The summed E-state index contributed by atoms with van der Waals surface area (Å²) in [4.78, 5) is 40.8. The Morgan fingerprint density at radius 1 is 1.30 bits per heavy atom. The van der Waals surface area contributed by atoms with Crippen molar-refractivity contribution in [2.24, 2.45) is 0 Å². The van der Waals surface area contributed by atoms with Crippen molar-refractivity contribution in [3.8, 4) is 0 Å². The maximum atomic E-state index is 13.1. The first-order chi connectivity index (χ1) is 12.6. The molecule has 0 aliphatic heterocycles. The van der Waals surface area contributed by atoms with Crippen molar-refractivity contribution in [2.75, 3.05) is 5.32 Å². The van der Waals surface area contributed by atoms with Crippen LogP contribution in [0.2, 0.25) is 0 Å². The molecule has 1 aromatic carbocycles. The number of carbonyl (C=O) groups is 2. The molecule has 0 bridgehead atoms. The molecule has 0 fully saturated rings. The van der Waals surface area contributed by atoms with Gasteiger partial charge in [-0.25, -0.2) is 9.78 Å². The molecule has 2 aromatic rings. The highest BCUT2D eigenvalue weighted by molar-refractivity contribution is 5.97. The predicted molar refractivity (Wildman–Crippen MR) is 83.6 cm³/mol. The molecule has 0 spiro atoms. The van der Waals surface area contributed by atoms with Gasteiger partial charge in [-0.1, -0.05) is 0 Å². The number of carbonyl (C=O) groups excluding carboxylic acids is 2. The smallest absolute Gasteiger partial charge is 0.418 e. The fourth-order valence-electron chi connectivity index (χ4n) is 1.90. The van der Waals surface area contributed by atoms with Gasteiger partial charge in [0, 0.05) is 24.5 Å². The number of nitro groups is 1. The number of alkyl halides is 3. The van der Waals surface area contributed by atoms with Gasteiger partial charge in [-0.3, -0.25) is 19.9 Å². The highest BCUT2D eigenvalue weighted by Crippen LogP contribution is 2.37. The predicted octanol–water partition coefficient (Wildman–Crippen LogP) is 2.59. The van der Waals surface area contributed by atoms with E-state index in [9.17, 15) is 32.9 Å². The average Bonchev–Trinajstić information content (AvgIpc) is 2.61. The molecular formula is C15H11F3N4O5. The monoisotopic (exact) mass is 384 g/mol.